The number of hydroxylamine groups is 2. The molecule has 0 bridgehead atoms. The van der Waals surface area contributed by atoms with Gasteiger partial charge in [-0.05, 0) is 6.92 Å². The average Bonchev–Trinajstić information content (AvgIpc) is 1.64. The van der Waals surface area contributed by atoms with Crippen LogP contribution in [0.1, 0.15) is 6.92 Å². The van der Waals surface area contributed by atoms with E-state index in [-0.39, 0.29) is 5.57 Å². The molecule has 0 spiro atoms. The SMILES string of the molecule is C=C(C)C(=O)N(O)O. The normalized spacial score (nSPS) is 8.38. The van der Waals surface area contributed by atoms with E-state index in [0.717, 1.165) is 0 Å². The van der Waals surface area contributed by atoms with Gasteiger partial charge in [0.2, 0.25) is 0 Å². The molecular weight excluding hydrogens is 110 g/mol. The molecule has 46 valence electrons. The average molecular weight is 117 g/mol. The summed E-state index contributed by atoms with van der Waals surface area (Å²) >= 11 is 0. The lowest BCUT2D eigenvalue weighted by molar-refractivity contribution is -0.281. The van der Waals surface area contributed by atoms with E-state index < -0.39 is 11.1 Å². The van der Waals surface area contributed by atoms with Gasteiger partial charge in [0, 0.05) is 5.57 Å². The molecule has 0 unspecified atom stereocenters. The van der Waals surface area contributed by atoms with Crippen molar-refractivity contribution in [1.82, 2.24) is 5.23 Å². The van der Waals surface area contributed by atoms with Gasteiger partial charge in [0.1, 0.15) is 0 Å². The summed E-state index contributed by atoms with van der Waals surface area (Å²) in [5, 5.41) is 15.4. The molecule has 1 amide bonds. The predicted molar refractivity (Wildman–Crippen MR) is 25.2 cm³/mol. The molecule has 0 heterocycles. The highest BCUT2D eigenvalue weighted by atomic mass is 16.8. The summed E-state index contributed by atoms with van der Waals surface area (Å²) in [5.74, 6) is -0.898. The van der Waals surface area contributed by atoms with Crippen LogP contribution in [-0.4, -0.2) is 21.5 Å². The smallest absolute Gasteiger partial charge is 0.265 e. The maximum absolute atomic E-state index is 10.2. The lowest BCUT2D eigenvalue weighted by Gasteiger charge is -2.02. The molecule has 0 radical (unpaired) electrons. The second-order valence-electron chi connectivity index (χ2n) is 1.37. The predicted octanol–water partition coefficient (Wildman–Crippen LogP) is 0.169. The van der Waals surface area contributed by atoms with Crippen molar-refractivity contribution < 1.29 is 15.2 Å². The van der Waals surface area contributed by atoms with E-state index in [4.69, 9.17) is 10.4 Å². The fourth-order valence-corrected chi connectivity index (χ4v) is 0.171. The van der Waals surface area contributed by atoms with Crippen LogP contribution in [0, 0.1) is 0 Å². The van der Waals surface area contributed by atoms with E-state index in [1.54, 1.807) is 0 Å². The van der Waals surface area contributed by atoms with Crippen molar-refractivity contribution in [2.45, 2.75) is 6.92 Å². The van der Waals surface area contributed by atoms with E-state index >= 15 is 0 Å². The molecule has 0 atom stereocenters. The largest absolute Gasteiger partial charge is 0.298 e. The van der Waals surface area contributed by atoms with Gasteiger partial charge in [-0.1, -0.05) is 11.8 Å². The first kappa shape index (κ1) is 7.13. The highest BCUT2D eigenvalue weighted by molar-refractivity contribution is 5.90. The molecule has 4 nitrogen and oxygen atoms in total. The third-order valence-corrected chi connectivity index (χ3v) is 0.547. The molecule has 8 heavy (non-hydrogen) atoms. The van der Waals surface area contributed by atoms with Crippen LogP contribution in [0.5, 0.6) is 0 Å². The summed E-state index contributed by atoms with van der Waals surface area (Å²) in [6.45, 7) is 4.54. The quantitative estimate of drug-likeness (QED) is 0.292. The zero-order valence-corrected chi connectivity index (χ0v) is 4.46. The van der Waals surface area contributed by atoms with Crippen molar-refractivity contribution in [1.29, 1.82) is 0 Å². The molecule has 2 N–H and O–H groups in total. The van der Waals surface area contributed by atoms with Crippen LogP contribution in [0.4, 0.5) is 0 Å². The van der Waals surface area contributed by atoms with Crippen LogP contribution in [0.2, 0.25) is 0 Å². The zero-order chi connectivity index (χ0) is 6.73. The Morgan fingerprint density at radius 1 is 1.62 bits per heavy atom. The van der Waals surface area contributed by atoms with E-state index in [0.29, 0.717) is 0 Å². The molecule has 0 aromatic carbocycles. The van der Waals surface area contributed by atoms with Gasteiger partial charge in [0.25, 0.3) is 5.91 Å². The maximum atomic E-state index is 10.2. The number of carbonyl (C=O) groups is 1. The molecule has 0 saturated carbocycles. The Morgan fingerprint density at radius 2 is 2.00 bits per heavy atom. The zero-order valence-electron chi connectivity index (χ0n) is 4.46. The Hall–Kier alpha value is -0.870. The van der Waals surface area contributed by atoms with Gasteiger partial charge in [0.05, 0.1) is 0 Å². The molecule has 0 aliphatic rings. The maximum Gasteiger partial charge on any atom is 0.298 e. The Balaban J connectivity index is 3.84. The van der Waals surface area contributed by atoms with Crippen LogP contribution in [0.15, 0.2) is 12.2 Å². The number of nitrogens with zero attached hydrogens (tertiary/aromatic N) is 1. The molecule has 0 fully saturated rings. The van der Waals surface area contributed by atoms with Crippen molar-refractivity contribution >= 4 is 5.91 Å². The number of hydrogen-bond donors (Lipinski definition) is 2. The van der Waals surface area contributed by atoms with Crippen LogP contribution >= 0.6 is 0 Å². The minimum Gasteiger partial charge on any atom is -0.265 e. The van der Waals surface area contributed by atoms with Crippen molar-refractivity contribution in [3.05, 3.63) is 12.2 Å². The van der Waals surface area contributed by atoms with E-state index in [1.165, 1.54) is 6.92 Å². The van der Waals surface area contributed by atoms with E-state index in [1.807, 2.05) is 0 Å². The topological polar surface area (TPSA) is 60.8 Å². The molecule has 0 aliphatic heterocycles. The monoisotopic (exact) mass is 117 g/mol. The standard InChI is InChI=1S/C4H7NO3/c1-3(2)4(6)5(7)8/h7-8H,1H2,2H3. The lowest BCUT2D eigenvalue weighted by Crippen LogP contribution is -2.23. The van der Waals surface area contributed by atoms with Crippen molar-refractivity contribution in [2.24, 2.45) is 0 Å². The summed E-state index contributed by atoms with van der Waals surface area (Å²) in [5.41, 5.74) is 0.0787. The molecule has 0 aliphatic carbocycles. The number of carbonyl (C=O) groups excluding carboxylic acids is 1. The molecule has 4 heteroatoms. The Labute approximate surface area is 46.6 Å². The van der Waals surface area contributed by atoms with Gasteiger partial charge < -0.3 is 0 Å². The minimum atomic E-state index is -0.898. The summed E-state index contributed by atoms with van der Waals surface area (Å²) in [6, 6.07) is 0. The second-order valence-corrected chi connectivity index (χ2v) is 1.37. The Kier molecular flexibility index (Phi) is 2.18. The fraction of sp³-hybridized carbons (Fsp3) is 0.250. The van der Waals surface area contributed by atoms with Crippen molar-refractivity contribution in [2.75, 3.05) is 0 Å². The summed E-state index contributed by atoms with van der Waals surface area (Å²) in [4.78, 5) is 10.2. The lowest BCUT2D eigenvalue weighted by atomic mass is 10.3. The van der Waals surface area contributed by atoms with Gasteiger partial charge >= 0.3 is 0 Å². The second kappa shape index (κ2) is 2.44. The molecule has 0 saturated heterocycles. The van der Waals surface area contributed by atoms with Gasteiger partial charge in [-0.15, -0.1) is 0 Å². The first-order chi connectivity index (χ1) is 3.55. The van der Waals surface area contributed by atoms with Gasteiger partial charge in [-0.2, -0.15) is 0 Å². The first-order valence-corrected chi connectivity index (χ1v) is 1.93. The number of amides is 1. The summed E-state index contributed by atoms with van der Waals surface area (Å²) in [6.07, 6.45) is 0. The number of rotatable bonds is 1. The van der Waals surface area contributed by atoms with Crippen molar-refractivity contribution in [3.8, 4) is 0 Å². The molecule has 0 aromatic rings. The van der Waals surface area contributed by atoms with Crippen LogP contribution in [-0.2, 0) is 4.79 Å². The highest BCUT2D eigenvalue weighted by Gasteiger charge is 2.05. The first-order valence-electron chi connectivity index (χ1n) is 1.93. The molecule has 0 rings (SSSR count). The van der Waals surface area contributed by atoms with Gasteiger partial charge in [-0.3, -0.25) is 15.2 Å². The van der Waals surface area contributed by atoms with E-state index in [2.05, 4.69) is 6.58 Å². The molecule has 0 aromatic heterocycles. The summed E-state index contributed by atoms with van der Waals surface area (Å²) < 4.78 is 0. The van der Waals surface area contributed by atoms with Crippen LogP contribution in [0.3, 0.4) is 0 Å². The number of hydrogen-bond acceptors (Lipinski definition) is 3. The van der Waals surface area contributed by atoms with Gasteiger partial charge in [0.15, 0.2) is 0 Å². The highest BCUT2D eigenvalue weighted by Crippen LogP contribution is 1.89. The van der Waals surface area contributed by atoms with Crippen LogP contribution < -0.4 is 0 Å². The Bertz CT molecular complexity index is 118. The Morgan fingerprint density at radius 3 is 2.00 bits per heavy atom. The van der Waals surface area contributed by atoms with E-state index in [9.17, 15) is 4.79 Å². The van der Waals surface area contributed by atoms with Crippen molar-refractivity contribution in [3.63, 3.8) is 0 Å². The van der Waals surface area contributed by atoms with Crippen LogP contribution in [0.25, 0.3) is 0 Å². The fourth-order valence-electron chi connectivity index (χ4n) is 0.171. The van der Waals surface area contributed by atoms with Gasteiger partial charge in [-0.25, -0.2) is 0 Å². The third kappa shape index (κ3) is 1.72. The minimum absolute atomic E-state index is 0.0787. The third-order valence-electron chi connectivity index (χ3n) is 0.547. The summed E-state index contributed by atoms with van der Waals surface area (Å²) in [7, 11) is 0. The molecular formula is C4H7NO3.